The van der Waals surface area contributed by atoms with Crippen LogP contribution in [0, 0.1) is 0 Å². The summed E-state index contributed by atoms with van der Waals surface area (Å²) in [5, 5.41) is 0. The van der Waals surface area contributed by atoms with Crippen LogP contribution in [0.2, 0.25) is 0 Å². The average Bonchev–Trinajstić information content (AvgIpc) is 3.27. The van der Waals surface area contributed by atoms with Crippen LogP contribution in [0.25, 0.3) is 0 Å². The molecule has 4 heterocycles. The molecule has 0 aromatic carbocycles. The molecule has 0 spiro atoms. The summed E-state index contributed by atoms with van der Waals surface area (Å²) >= 11 is 0. The first-order valence-corrected chi connectivity index (χ1v) is 8.34. The summed E-state index contributed by atoms with van der Waals surface area (Å²) in [6.07, 6.45) is 6.28. The van der Waals surface area contributed by atoms with E-state index >= 15 is 0 Å². The standard InChI is InChI=1S/C17H21N3O3/c21-16-9-14-13(20(16)11-12-3-1-6-18-10-12)5-7-19(14)17(22)15-4-2-8-23-15/h1,3,6,10,13-15H,2,4-5,7-9,11H2/t13-,14+,15+/m1/s1. The van der Waals surface area contributed by atoms with Crippen LogP contribution in [0.1, 0.15) is 31.2 Å². The second kappa shape index (κ2) is 5.92. The van der Waals surface area contributed by atoms with Gasteiger partial charge in [-0.3, -0.25) is 14.6 Å². The molecule has 1 aromatic heterocycles. The zero-order valence-corrected chi connectivity index (χ0v) is 13.1. The van der Waals surface area contributed by atoms with Gasteiger partial charge in [0.2, 0.25) is 5.91 Å². The molecule has 3 atom stereocenters. The van der Waals surface area contributed by atoms with E-state index in [1.165, 1.54) is 0 Å². The molecule has 0 saturated carbocycles. The van der Waals surface area contributed by atoms with Crippen molar-refractivity contribution in [2.45, 2.75) is 50.4 Å². The van der Waals surface area contributed by atoms with E-state index in [1.807, 2.05) is 21.9 Å². The summed E-state index contributed by atoms with van der Waals surface area (Å²) in [6, 6.07) is 4.01. The third-order valence-corrected chi connectivity index (χ3v) is 5.18. The van der Waals surface area contributed by atoms with Gasteiger partial charge in [0.05, 0.1) is 12.1 Å². The van der Waals surface area contributed by atoms with Crippen molar-refractivity contribution >= 4 is 11.8 Å². The summed E-state index contributed by atoms with van der Waals surface area (Å²) in [7, 11) is 0. The molecule has 3 fully saturated rings. The molecule has 23 heavy (non-hydrogen) atoms. The predicted molar refractivity (Wildman–Crippen MR) is 82.3 cm³/mol. The van der Waals surface area contributed by atoms with Gasteiger partial charge < -0.3 is 14.5 Å². The van der Waals surface area contributed by atoms with E-state index in [-0.39, 0.29) is 30.0 Å². The number of hydrogen-bond donors (Lipinski definition) is 0. The Morgan fingerprint density at radius 2 is 2.26 bits per heavy atom. The molecular formula is C17H21N3O3. The molecule has 3 saturated heterocycles. The van der Waals surface area contributed by atoms with Gasteiger partial charge in [-0.05, 0) is 30.9 Å². The topological polar surface area (TPSA) is 62.7 Å². The van der Waals surface area contributed by atoms with Gasteiger partial charge in [-0.2, -0.15) is 0 Å². The van der Waals surface area contributed by atoms with Crippen LogP contribution in [0.3, 0.4) is 0 Å². The minimum Gasteiger partial charge on any atom is -0.368 e. The van der Waals surface area contributed by atoms with Gasteiger partial charge in [0, 0.05) is 38.5 Å². The molecule has 0 bridgehead atoms. The molecule has 0 N–H and O–H groups in total. The molecule has 122 valence electrons. The highest BCUT2D eigenvalue weighted by Gasteiger charge is 2.49. The Morgan fingerprint density at radius 1 is 1.35 bits per heavy atom. The second-order valence-corrected chi connectivity index (χ2v) is 6.54. The van der Waals surface area contributed by atoms with E-state index in [0.29, 0.717) is 19.6 Å². The van der Waals surface area contributed by atoms with Crippen LogP contribution >= 0.6 is 0 Å². The van der Waals surface area contributed by atoms with E-state index in [1.54, 1.807) is 12.4 Å². The largest absolute Gasteiger partial charge is 0.368 e. The van der Waals surface area contributed by atoms with Crippen molar-refractivity contribution in [3.8, 4) is 0 Å². The Labute approximate surface area is 135 Å². The molecule has 2 amide bonds. The number of nitrogens with zero attached hydrogens (tertiary/aromatic N) is 3. The maximum Gasteiger partial charge on any atom is 0.252 e. The number of carbonyl (C=O) groups is 2. The third kappa shape index (κ3) is 2.61. The van der Waals surface area contributed by atoms with Gasteiger partial charge in [0.1, 0.15) is 6.10 Å². The van der Waals surface area contributed by atoms with Crippen LogP contribution in [0.4, 0.5) is 0 Å². The second-order valence-electron chi connectivity index (χ2n) is 6.54. The minimum atomic E-state index is -0.295. The maximum atomic E-state index is 12.6. The number of pyridine rings is 1. The van der Waals surface area contributed by atoms with Crippen molar-refractivity contribution in [2.24, 2.45) is 0 Å². The van der Waals surface area contributed by atoms with Crippen molar-refractivity contribution in [1.82, 2.24) is 14.8 Å². The zero-order chi connectivity index (χ0) is 15.8. The molecule has 6 nitrogen and oxygen atoms in total. The molecule has 3 aliphatic rings. The van der Waals surface area contributed by atoms with E-state index in [4.69, 9.17) is 4.74 Å². The van der Waals surface area contributed by atoms with Crippen LogP contribution in [0.15, 0.2) is 24.5 Å². The number of aromatic nitrogens is 1. The average molecular weight is 315 g/mol. The number of amides is 2. The number of carbonyl (C=O) groups excluding carboxylic acids is 2. The zero-order valence-electron chi connectivity index (χ0n) is 13.1. The van der Waals surface area contributed by atoms with Crippen molar-refractivity contribution in [3.05, 3.63) is 30.1 Å². The lowest BCUT2D eigenvalue weighted by atomic mass is 10.1. The van der Waals surface area contributed by atoms with Crippen LogP contribution in [0.5, 0.6) is 0 Å². The Balaban J connectivity index is 1.47. The van der Waals surface area contributed by atoms with Gasteiger partial charge in [0.25, 0.3) is 5.91 Å². The first kappa shape index (κ1) is 14.6. The fourth-order valence-corrected chi connectivity index (χ4v) is 4.05. The van der Waals surface area contributed by atoms with Gasteiger partial charge >= 0.3 is 0 Å². The van der Waals surface area contributed by atoms with Gasteiger partial charge in [-0.25, -0.2) is 0 Å². The Hall–Kier alpha value is -1.95. The van der Waals surface area contributed by atoms with E-state index in [9.17, 15) is 9.59 Å². The Bertz CT molecular complexity index is 600. The van der Waals surface area contributed by atoms with Crippen LogP contribution < -0.4 is 0 Å². The summed E-state index contributed by atoms with van der Waals surface area (Å²) in [5.74, 6) is 0.208. The molecule has 1 aromatic rings. The molecular weight excluding hydrogens is 294 g/mol. The molecule has 6 heteroatoms. The lowest BCUT2D eigenvalue weighted by molar-refractivity contribution is -0.141. The summed E-state index contributed by atoms with van der Waals surface area (Å²) in [6.45, 7) is 1.98. The quantitative estimate of drug-likeness (QED) is 0.833. The highest BCUT2D eigenvalue weighted by atomic mass is 16.5. The van der Waals surface area contributed by atoms with E-state index in [0.717, 1.165) is 31.4 Å². The normalized spacial score (nSPS) is 30.1. The number of fused-ring (bicyclic) bond motifs is 1. The fraction of sp³-hybridized carbons (Fsp3) is 0.588. The number of hydrogen-bond acceptors (Lipinski definition) is 4. The summed E-state index contributed by atoms with van der Waals surface area (Å²) < 4.78 is 5.53. The van der Waals surface area contributed by atoms with E-state index in [2.05, 4.69) is 4.98 Å². The third-order valence-electron chi connectivity index (χ3n) is 5.18. The minimum absolute atomic E-state index is 0.0101. The van der Waals surface area contributed by atoms with Gasteiger partial charge in [-0.15, -0.1) is 0 Å². The first-order chi connectivity index (χ1) is 11.2. The lowest BCUT2D eigenvalue weighted by Crippen LogP contribution is -2.44. The van der Waals surface area contributed by atoms with Crippen molar-refractivity contribution in [3.63, 3.8) is 0 Å². The molecule has 0 radical (unpaired) electrons. The fourth-order valence-electron chi connectivity index (χ4n) is 4.05. The lowest BCUT2D eigenvalue weighted by Gasteiger charge is -2.27. The number of rotatable bonds is 3. The predicted octanol–water partition coefficient (Wildman–Crippen LogP) is 0.962. The summed E-state index contributed by atoms with van der Waals surface area (Å²) in [5.41, 5.74) is 1.03. The highest BCUT2D eigenvalue weighted by molar-refractivity contribution is 5.85. The van der Waals surface area contributed by atoms with Crippen molar-refractivity contribution in [1.29, 1.82) is 0 Å². The SMILES string of the molecule is O=C1C[C@H]2[C@@H](CCN2C(=O)[C@@H]2CCCO2)N1Cc1cccnc1. The number of ether oxygens (including phenoxy) is 1. The Morgan fingerprint density at radius 3 is 3.00 bits per heavy atom. The van der Waals surface area contributed by atoms with Crippen molar-refractivity contribution < 1.29 is 14.3 Å². The first-order valence-electron chi connectivity index (χ1n) is 8.34. The maximum absolute atomic E-state index is 12.6. The molecule has 3 aliphatic heterocycles. The van der Waals surface area contributed by atoms with Gasteiger partial charge in [-0.1, -0.05) is 6.07 Å². The monoisotopic (exact) mass is 315 g/mol. The highest BCUT2D eigenvalue weighted by Crippen LogP contribution is 2.34. The van der Waals surface area contributed by atoms with E-state index < -0.39 is 0 Å². The number of likely N-dealkylation sites (tertiary alicyclic amines) is 2. The Kier molecular flexibility index (Phi) is 3.77. The van der Waals surface area contributed by atoms with Crippen molar-refractivity contribution in [2.75, 3.05) is 13.2 Å². The van der Waals surface area contributed by atoms with Crippen LogP contribution in [-0.4, -0.2) is 57.9 Å². The summed E-state index contributed by atoms with van der Waals surface area (Å²) in [4.78, 5) is 33.0. The smallest absolute Gasteiger partial charge is 0.252 e. The molecule has 0 unspecified atom stereocenters. The molecule has 4 rings (SSSR count). The molecule has 0 aliphatic carbocycles. The van der Waals surface area contributed by atoms with Crippen LogP contribution in [-0.2, 0) is 20.9 Å². The van der Waals surface area contributed by atoms with Gasteiger partial charge in [0.15, 0.2) is 0 Å².